The van der Waals surface area contributed by atoms with Crippen LogP contribution in [0.1, 0.15) is 52.9 Å². The van der Waals surface area contributed by atoms with Gasteiger partial charge in [0.05, 0.1) is 12.0 Å². The van der Waals surface area contributed by atoms with Gasteiger partial charge in [-0.1, -0.05) is 19.3 Å². The van der Waals surface area contributed by atoms with E-state index >= 15 is 0 Å². The van der Waals surface area contributed by atoms with Gasteiger partial charge in [-0.25, -0.2) is 4.79 Å². The van der Waals surface area contributed by atoms with Crippen molar-refractivity contribution in [3.05, 3.63) is 0 Å². The van der Waals surface area contributed by atoms with Gasteiger partial charge in [0.1, 0.15) is 5.60 Å². The van der Waals surface area contributed by atoms with Crippen molar-refractivity contribution in [2.24, 2.45) is 11.8 Å². The molecule has 1 unspecified atom stereocenters. The van der Waals surface area contributed by atoms with E-state index in [1.54, 1.807) is 4.90 Å². The molecule has 0 radical (unpaired) electrons. The summed E-state index contributed by atoms with van der Waals surface area (Å²) in [7, 11) is 0. The number of nitriles is 1. The number of carbonyl (C=O) groups is 1. The lowest BCUT2D eigenvalue weighted by atomic mass is 9.80. The fraction of sp³-hybridized carbons (Fsp3) is 0.889. The van der Waals surface area contributed by atoms with Gasteiger partial charge in [0.2, 0.25) is 0 Å². The predicted molar refractivity (Wildman–Crippen MR) is 89.9 cm³/mol. The summed E-state index contributed by atoms with van der Waals surface area (Å²) in [5, 5.41) is 9.52. The van der Waals surface area contributed by atoms with Crippen molar-refractivity contribution >= 4 is 6.09 Å². The van der Waals surface area contributed by atoms with Gasteiger partial charge in [0, 0.05) is 32.7 Å². The van der Waals surface area contributed by atoms with Crippen molar-refractivity contribution in [2.75, 3.05) is 32.7 Å². The molecule has 1 heterocycles. The van der Waals surface area contributed by atoms with Gasteiger partial charge >= 0.3 is 6.09 Å². The van der Waals surface area contributed by atoms with Crippen LogP contribution in [0.3, 0.4) is 0 Å². The van der Waals surface area contributed by atoms with Gasteiger partial charge in [-0.3, -0.25) is 4.90 Å². The molecule has 0 spiro atoms. The third kappa shape index (κ3) is 5.69. The Balaban J connectivity index is 1.77. The minimum Gasteiger partial charge on any atom is -0.444 e. The first-order valence-corrected chi connectivity index (χ1v) is 8.99. The molecule has 1 aliphatic heterocycles. The highest BCUT2D eigenvalue weighted by atomic mass is 16.6. The Labute approximate surface area is 140 Å². The zero-order valence-corrected chi connectivity index (χ0v) is 14.9. The molecule has 0 N–H and O–H groups in total. The third-order valence-corrected chi connectivity index (χ3v) is 4.86. The summed E-state index contributed by atoms with van der Waals surface area (Å²) < 4.78 is 5.43. The van der Waals surface area contributed by atoms with E-state index in [2.05, 4.69) is 11.0 Å². The topological polar surface area (TPSA) is 56.6 Å². The molecule has 2 fully saturated rings. The zero-order chi connectivity index (χ0) is 16.9. The van der Waals surface area contributed by atoms with Crippen LogP contribution in [0.5, 0.6) is 0 Å². The van der Waals surface area contributed by atoms with Crippen molar-refractivity contribution in [2.45, 2.75) is 58.5 Å². The number of ether oxygens (including phenoxy) is 1. The molecule has 0 aromatic carbocycles. The van der Waals surface area contributed by atoms with E-state index in [0.29, 0.717) is 19.0 Å². The fourth-order valence-electron chi connectivity index (χ4n) is 3.55. The van der Waals surface area contributed by atoms with Gasteiger partial charge in [-0.05, 0) is 39.5 Å². The molecule has 2 aliphatic rings. The van der Waals surface area contributed by atoms with E-state index in [-0.39, 0.29) is 12.0 Å². The van der Waals surface area contributed by atoms with Crippen LogP contribution in [-0.2, 0) is 4.74 Å². The fourth-order valence-corrected chi connectivity index (χ4v) is 3.55. The minimum absolute atomic E-state index is 0.142. The first-order chi connectivity index (χ1) is 10.9. The van der Waals surface area contributed by atoms with Crippen molar-refractivity contribution in [1.29, 1.82) is 5.26 Å². The van der Waals surface area contributed by atoms with Crippen LogP contribution in [-0.4, -0.2) is 54.2 Å². The number of hydrogen-bond acceptors (Lipinski definition) is 4. The lowest BCUT2D eigenvalue weighted by Crippen LogP contribution is -2.51. The van der Waals surface area contributed by atoms with Gasteiger partial charge in [-0.2, -0.15) is 5.26 Å². The Bertz CT molecular complexity index is 425. The van der Waals surface area contributed by atoms with E-state index in [9.17, 15) is 10.1 Å². The summed E-state index contributed by atoms with van der Waals surface area (Å²) >= 11 is 0. The number of rotatable bonds is 3. The molecule has 5 nitrogen and oxygen atoms in total. The Hall–Kier alpha value is -1.28. The second-order valence-corrected chi connectivity index (χ2v) is 7.90. The maximum atomic E-state index is 12.1. The first-order valence-electron chi connectivity index (χ1n) is 8.99. The van der Waals surface area contributed by atoms with Crippen LogP contribution in [0.15, 0.2) is 0 Å². The largest absolute Gasteiger partial charge is 0.444 e. The van der Waals surface area contributed by atoms with Gasteiger partial charge < -0.3 is 9.64 Å². The molecular formula is C18H31N3O2. The second kappa shape index (κ2) is 8.01. The molecule has 2 rings (SSSR count). The monoisotopic (exact) mass is 321 g/mol. The van der Waals surface area contributed by atoms with Crippen molar-refractivity contribution in [1.82, 2.24) is 9.80 Å². The van der Waals surface area contributed by atoms with Crippen LogP contribution in [0, 0.1) is 23.2 Å². The van der Waals surface area contributed by atoms with Crippen LogP contribution < -0.4 is 0 Å². The Morgan fingerprint density at radius 1 is 1.17 bits per heavy atom. The highest BCUT2D eigenvalue weighted by molar-refractivity contribution is 5.68. The number of hydrogen-bond donors (Lipinski definition) is 0. The molecular weight excluding hydrogens is 290 g/mol. The Kier molecular flexibility index (Phi) is 6.29. The van der Waals surface area contributed by atoms with E-state index < -0.39 is 5.60 Å². The van der Waals surface area contributed by atoms with Crippen LogP contribution in [0.25, 0.3) is 0 Å². The quantitative estimate of drug-likeness (QED) is 0.800. The van der Waals surface area contributed by atoms with Crippen LogP contribution in [0.4, 0.5) is 4.79 Å². The standard InChI is InChI=1S/C18H31N3O2/c1-18(2,3)23-17(22)21-11-9-20(10-12-21)14-16(13-19)15-7-5-4-6-8-15/h15-16H,4-12,14H2,1-3H3. The predicted octanol–water partition coefficient (Wildman–Crippen LogP) is 3.26. The SMILES string of the molecule is CC(C)(C)OC(=O)N1CCN(CC(C#N)C2CCCCC2)CC1. The van der Waals surface area contributed by atoms with E-state index in [1.165, 1.54) is 32.1 Å². The second-order valence-electron chi connectivity index (χ2n) is 7.90. The van der Waals surface area contributed by atoms with E-state index in [4.69, 9.17) is 4.74 Å². The summed E-state index contributed by atoms with van der Waals surface area (Å²) in [6, 6.07) is 2.54. The maximum Gasteiger partial charge on any atom is 0.410 e. The highest BCUT2D eigenvalue weighted by Crippen LogP contribution is 2.30. The summed E-state index contributed by atoms with van der Waals surface area (Å²) in [6.07, 6.45) is 6.06. The van der Waals surface area contributed by atoms with Gasteiger partial charge in [-0.15, -0.1) is 0 Å². The smallest absolute Gasteiger partial charge is 0.410 e. The number of amides is 1. The lowest BCUT2D eigenvalue weighted by molar-refractivity contribution is 0.0130. The third-order valence-electron chi connectivity index (χ3n) is 4.86. The van der Waals surface area contributed by atoms with Crippen LogP contribution in [0.2, 0.25) is 0 Å². The molecule has 0 aromatic rings. The Morgan fingerprint density at radius 2 is 1.78 bits per heavy atom. The Morgan fingerprint density at radius 3 is 2.30 bits per heavy atom. The number of carbonyl (C=O) groups excluding carboxylic acids is 1. The molecule has 0 aromatic heterocycles. The number of nitrogens with zero attached hydrogens (tertiary/aromatic N) is 3. The summed E-state index contributed by atoms with van der Waals surface area (Å²) in [5.74, 6) is 0.709. The van der Waals surface area contributed by atoms with Crippen molar-refractivity contribution in [3.8, 4) is 6.07 Å². The summed E-state index contributed by atoms with van der Waals surface area (Å²) in [6.45, 7) is 9.58. The van der Waals surface area contributed by atoms with Crippen LogP contribution >= 0.6 is 0 Å². The molecule has 23 heavy (non-hydrogen) atoms. The molecule has 1 amide bonds. The average molecular weight is 321 g/mol. The molecule has 130 valence electrons. The summed E-state index contributed by atoms with van der Waals surface area (Å²) in [4.78, 5) is 16.2. The van der Waals surface area contributed by atoms with Gasteiger partial charge in [0.15, 0.2) is 0 Å². The zero-order valence-electron chi connectivity index (χ0n) is 14.9. The molecule has 0 bridgehead atoms. The average Bonchev–Trinajstić information content (AvgIpc) is 2.52. The molecule has 1 atom stereocenters. The number of piperazine rings is 1. The first kappa shape index (κ1) is 18.1. The molecule has 1 saturated carbocycles. The van der Waals surface area contributed by atoms with Gasteiger partial charge in [0.25, 0.3) is 0 Å². The lowest BCUT2D eigenvalue weighted by Gasteiger charge is -2.37. The highest BCUT2D eigenvalue weighted by Gasteiger charge is 2.29. The maximum absolute atomic E-state index is 12.1. The van der Waals surface area contributed by atoms with E-state index in [1.807, 2.05) is 20.8 Å². The summed E-state index contributed by atoms with van der Waals surface area (Å²) in [5.41, 5.74) is -0.443. The normalized spacial score (nSPS) is 22.4. The molecule has 5 heteroatoms. The van der Waals surface area contributed by atoms with Crippen molar-refractivity contribution in [3.63, 3.8) is 0 Å². The molecule has 1 aliphatic carbocycles. The minimum atomic E-state index is -0.443. The van der Waals surface area contributed by atoms with E-state index in [0.717, 1.165) is 19.6 Å². The van der Waals surface area contributed by atoms with Crippen molar-refractivity contribution < 1.29 is 9.53 Å². The molecule has 1 saturated heterocycles.